The van der Waals surface area contributed by atoms with E-state index < -0.39 is 0 Å². The molecule has 0 aliphatic heterocycles. The van der Waals surface area contributed by atoms with Gasteiger partial charge in [0.25, 0.3) is 5.91 Å². The number of furan rings is 1. The number of nitrogens with one attached hydrogen (secondary N) is 1. The minimum absolute atomic E-state index is 0.109. The summed E-state index contributed by atoms with van der Waals surface area (Å²) in [5, 5.41) is 4.46. The first kappa shape index (κ1) is 27.2. The smallest absolute Gasteiger partial charge is 0.255 e. The van der Waals surface area contributed by atoms with Crippen LogP contribution in [-0.4, -0.2) is 12.1 Å². The van der Waals surface area contributed by atoms with Gasteiger partial charge in [-0.05, 0) is 72.1 Å². The van der Waals surface area contributed by atoms with Crippen LogP contribution in [0.1, 0.15) is 64.9 Å². The van der Waals surface area contributed by atoms with Gasteiger partial charge in [-0.2, -0.15) is 0 Å². The minimum Gasteiger partial charge on any atom is -0.489 e. The Labute approximate surface area is 238 Å². The molecule has 7 heteroatoms. The maximum Gasteiger partial charge on any atom is 0.255 e. The Balaban J connectivity index is 1.38. The van der Waals surface area contributed by atoms with Gasteiger partial charge >= 0.3 is 0 Å². The number of thiophene rings is 1. The Bertz CT molecular complexity index is 1470. The summed E-state index contributed by atoms with van der Waals surface area (Å²) in [6, 6.07) is 19.1. The van der Waals surface area contributed by atoms with Crippen LogP contribution < -0.4 is 10.1 Å². The second kappa shape index (κ2) is 11.8. The zero-order valence-corrected chi connectivity index (χ0v) is 24.1. The van der Waals surface area contributed by atoms with E-state index in [4.69, 9.17) is 25.7 Å². The van der Waals surface area contributed by atoms with Crippen molar-refractivity contribution in [2.24, 2.45) is 16.3 Å². The number of nitrogens with zero attached hydrogens (tertiary/aromatic N) is 1. The number of rotatable bonds is 8. The van der Waals surface area contributed by atoms with Crippen LogP contribution in [-0.2, 0) is 26.0 Å². The van der Waals surface area contributed by atoms with E-state index in [9.17, 15) is 4.79 Å². The molecular weight excluding hydrogens is 528 g/mol. The van der Waals surface area contributed by atoms with Crippen molar-refractivity contribution in [3.8, 4) is 5.75 Å². The third-order valence-electron chi connectivity index (χ3n) is 7.24. The molecule has 0 radical (unpaired) electrons. The maximum atomic E-state index is 13.4. The molecule has 0 fully saturated rings. The van der Waals surface area contributed by atoms with Gasteiger partial charge in [-0.1, -0.05) is 62.7 Å². The molecule has 39 heavy (non-hydrogen) atoms. The van der Waals surface area contributed by atoms with Crippen molar-refractivity contribution in [3.05, 3.63) is 105 Å². The van der Waals surface area contributed by atoms with Crippen LogP contribution in [0.25, 0.3) is 0 Å². The normalized spacial score (nSPS) is 15.3. The lowest BCUT2D eigenvalue weighted by molar-refractivity contribution is 0.0947. The summed E-state index contributed by atoms with van der Waals surface area (Å²) in [4.78, 5) is 19.5. The van der Waals surface area contributed by atoms with Gasteiger partial charge in [-0.15, -0.1) is 11.3 Å². The lowest BCUT2D eigenvalue weighted by Crippen LogP contribution is -2.28. The van der Waals surface area contributed by atoms with Crippen molar-refractivity contribution < 1.29 is 13.9 Å². The Morgan fingerprint density at radius 3 is 2.79 bits per heavy atom. The quantitative estimate of drug-likeness (QED) is 0.220. The van der Waals surface area contributed by atoms with Crippen molar-refractivity contribution in [2.45, 2.75) is 53.2 Å². The van der Waals surface area contributed by atoms with Crippen LogP contribution >= 0.6 is 22.9 Å². The molecule has 0 bridgehead atoms. The molecule has 2 aromatic heterocycles. The summed E-state index contributed by atoms with van der Waals surface area (Å²) in [7, 11) is 0. The van der Waals surface area contributed by atoms with Gasteiger partial charge in [-0.3, -0.25) is 4.79 Å². The SMILES string of the molecule is CC(C)(C)[C@H]1CCc2c(sc(N=Cc3cccc(OCc4ccccc4Cl)c3)c2C(=O)NCc2ccco2)C1. The monoisotopic (exact) mass is 560 g/mol. The van der Waals surface area contributed by atoms with Gasteiger partial charge in [0.05, 0.1) is 18.4 Å². The highest BCUT2D eigenvalue weighted by molar-refractivity contribution is 7.16. The molecule has 2 aromatic carbocycles. The summed E-state index contributed by atoms with van der Waals surface area (Å²) in [5.41, 5.74) is 3.88. The Kier molecular flexibility index (Phi) is 8.24. The molecule has 0 unspecified atom stereocenters. The van der Waals surface area contributed by atoms with Crippen molar-refractivity contribution in [3.63, 3.8) is 0 Å². The number of hydrogen-bond acceptors (Lipinski definition) is 5. The molecule has 5 nitrogen and oxygen atoms in total. The second-order valence-electron chi connectivity index (χ2n) is 11.0. The van der Waals surface area contributed by atoms with E-state index in [0.29, 0.717) is 29.7 Å². The molecular formula is C32H33ClN2O3S. The maximum absolute atomic E-state index is 13.4. The first-order chi connectivity index (χ1) is 18.8. The average Bonchev–Trinajstić information content (AvgIpc) is 3.57. The number of halogens is 1. The summed E-state index contributed by atoms with van der Waals surface area (Å²) in [6.07, 6.45) is 6.35. The molecule has 1 aliphatic rings. The molecule has 0 saturated carbocycles. The molecule has 5 rings (SSSR count). The predicted molar refractivity (Wildman–Crippen MR) is 159 cm³/mol. The number of carbonyl (C=O) groups excluding carboxylic acids is 1. The minimum atomic E-state index is -0.109. The van der Waals surface area contributed by atoms with Crippen molar-refractivity contribution in [1.82, 2.24) is 5.32 Å². The highest BCUT2D eigenvalue weighted by Gasteiger charge is 2.33. The van der Waals surface area contributed by atoms with Gasteiger partial charge in [-0.25, -0.2) is 4.99 Å². The van der Waals surface area contributed by atoms with E-state index in [1.54, 1.807) is 17.6 Å². The van der Waals surface area contributed by atoms with Crippen molar-refractivity contribution in [2.75, 3.05) is 0 Å². The molecule has 1 N–H and O–H groups in total. The third-order valence-corrected chi connectivity index (χ3v) is 8.77. The van der Waals surface area contributed by atoms with Crippen LogP contribution in [0.2, 0.25) is 5.02 Å². The molecule has 2 heterocycles. The van der Waals surface area contributed by atoms with E-state index in [1.165, 1.54) is 4.88 Å². The van der Waals surface area contributed by atoms with Crippen molar-refractivity contribution in [1.29, 1.82) is 0 Å². The van der Waals surface area contributed by atoms with Gasteiger partial charge in [0.2, 0.25) is 0 Å². The summed E-state index contributed by atoms with van der Waals surface area (Å²) in [5.74, 6) is 1.92. The predicted octanol–water partition coefficient (Wildman–Crippen LogP) is 8.41. The lowest BCUT2D eigenvalue weighted by Gasteiger charge is -2.33. The van der Waals surface area contributed by atoms with Crippen molar-refractivity contribution >= 4 is 40.1 Å². The van der Waals surface area contributed by atoms with E-state index in [-0.39, 0.29) is 11.3 Å². The number of amides is 1. The van der Waals surface area contributed by atoms with Crippen LogP contribution in [0.5, 0.6) is 5.75 Å². The van der Waals surface area contributed by atoms with Gasteiger partial charge in [0.1, 0.15) is 23.1 Å². The van der Waals surface area contributed by atoms with Crippen LogP contribution in [0, 0.1) is 11.3 Å². The number of carbonyl (C=O) groups is 1. The van der Waals surface area contributed by atoms with Gasteiger partial charge < -0.3 is 14.5 Å². The summed E-state index contributed by atoms with van der Waals surface area (Å²) < 4.78 is 11.4. The van der Waals surface area contributed by atoms with E-state index in [1.807, 2.05) is 66.9 Å². The Morgan fingerprint density at radius 2 is 2.03 bits per heavy atom. The summed E-state index contributed by atoms with van der Waals surface area (Å²) in [6.45, 7) is 7.62. The molecule has 0 saturated heterocycles. The number of aliphatic imine (C=N–C) groups is 1. The molecule has 1 atom stereocenters. The number of benzene rings is 2. The second-order valence-corrected chi connectivity index (χ2v) is 12.5. The van der Waals surface area contributed by atoms with E-state index in [0.717, 1.165) is 52.5 Å². The average molecular weight is 561 g/mol. The molecule has 1 aliphatic carbocycles. The topological polar surface area (TPSA) is 63.8 Å². The first-order valence-corrected chi connectivity index (χ1v) is 14.4. The number of ether oxygens (including phenoxy) is 1. The first-order valence-electron chi connectivity index (χ1n) is 13.2. The molecule has 0 spiro atoms. The Hall–Kier alpha value is -3.35. The molecule has 202 valence electrons. The van der Waals surface area contributed by atoms with Crippen LogP contribution in [0.4, 0.5) is 5.00 Å². The zero-order chi connectivity index (χ0) is 27.4. The Morgan fingerprint density at radius 1 is 1.18 bits per heavy atom. The number of hydrogen-bond donors (Lipinski definition) is 1. The van der Waals surface area contributed by atoms with E-state index in [2.05, 4.69) is 26.1 Å². The zero-order valence-electron chi connectivity index (χ0n) is 22.5. The highest BCUT2D eigenvalue weighted by Crippen LogP contribution is 2.45. The molecule has 1 amide bonds. The fraction of sp³-hybridized carbons (Fsp3) is 0.312. The van der Waals surface area contributed by atoms with Gasteiger partial charge in [0.15, 0.2) is 0 Å². The standard InChI is InChI=1S/C32H33ClN2O3S/c1-32(2,3)23-13-14-26-28(17-23)39-31(29(26)30(36)34-19-25-11-7-15-37-25)35-18-21-8-6-10-24(16-21)38-20-22-9-4-5-12-27(22)33/h4-12,15-16,18,23H,13-14,17,19-20H2,1-3H3,(H,34,36)/t23-/m0/s1. The molecule has 4 aromatic rings. The van der Waals surface area contributed by atoms with Crippen LogP contribution in [0.3, 0.4) is 0 Å². The third kappa shape index (κ3) is 6.63. The lowest BCUT2D eigenvalue weighted by atomic mass is 9.72. The van der Waals surface area contributed by atoms with Crippen LogP contribution in [0.15, 0.2) is 76.3 Å². The largest absolute Gasteiger partial charge is 0.489 e. The highest BCUT2D eigenvalue weighted by atomic mass is 35.5. The van der Waals surface area contributed by atoms with Gasteiger partial charge in [0, 0.05) is 21.7 Å². The fourth-order valence-electron chi connectivity index (χ4n) is 4.90. The fourth-order valence-corrected chi connectivity index (χ4v) is 6.36. The summed E-state index contributed by atoms with van der Waals surface area (Å²) >= 11 is 7.91. The number of fused-ring (bicyclic) bond motifs is 1. The van der Waals surface area contributed by atoms with E-state index >= 15 is 0 Å².